The van der Waals surface area contributed by atoms with Gasteiger partial charge in [0.1, 0.15) is 18.1 Å². The van der Waals surface area contributed by atoms with Gasteiger partial charge in [-0.15, -0.1) is 0 Å². The third-order valence-corrected chi connectivity index (χ3v) is 9.81. The summed E-state index contributed by atoms with van der Waals surface area (Å²) >= 11 is 2.31. The lowest BCUT2D eigenvalue weighted by atomic mass is 9.75. The molecule has 2 aliphatic rings. The molecule has 1 unspecified atom stereocenters. The number of hydrogen-bond acceptors (Lipinski definition) is 4. The number of unbranched alkanes of at least 4 members (excludes halogenated alkanes) is 2. The van der Waals surface area contributed by atoms with Crippen LogP contribution in [0.2, 0.25) is 0 Å². The van der Waals surface area contributed by atoms with Crippen LogP contribution >= 0.6 is 22.6 Å². The van der Waals surface area contributed by atoms with Crippen molar-refractivity contribution in [2.45, 2.75) is 92.4 Å². The van der Waals surface area contributed by atoms with E-state index in [0.29, 0.717) is 13.0 Å². The largest absolute Gasteiger partial charge is 0.481 e. The van der Waals surface area contributed by atoms with Gasteiger partial charge in [0.25, 0.3) is 10.1 Å². The van der Waals surface area contributed by atoms with Gasteiger partial charge in [-0.1, -0.05) is 90.8 Å². The summed E-state index contributed by atoms with van der Waals surface area (Å²) in [5, 5.41) is 9.07. The molecule has 0 spiro atoms. The second-order valence-electron chi connectivity index (χ2n) is 14.5. The van der Waals surface area contributed by atoms with Gasteiger partial charge in [-0.2, -0.15) is 13.0 Å². The van der Waals surface area contributed by atoms with Gasteiger partial charge in [0.2, 0.25) is 5.69 Å². The van der Waals surface area contributed by atoms with Gasteiger partial charge in [0.15, 0.2) is 5.71 Å². The predicted molar refractivity (Wildman–Crippen MR) is 200 cm³/mol. The SMILES string of the molecule is CC(C)(C)C1=CC(=C/C=C/C=C/C=C/C2=[N+](CCCS(=O)(=O)O)c3ccc(I)cc3C2(C)CCCCCC(=O)O)C=C(C(C)(C)C)O1. The second kappa shape index (κ2) is 16.1. The minimum Gasteiger partial charge on any atom is -0.481 e. The average Bonchev–Trinajstić information content (AvgIpc) is 3.17. The summed E-state index contributed by atoms with van der Waals surface area (Å²) in [7, 11) is -4.07. The highest BCUT2D eigenvalue weighted by Crippen LogP contribution is 2.44. The Bertz CT molecular complexity index is 1610. The molecule has 0 fully saturated rings. The molecule has 3 rings (SSSR count). The van der Waals surface area contributed by atoms with Crippen LogP contribution in [-0.4, -0.2) is 46.6 Å². The fourth-order valence-corrected chi connectivity index (χ4v) is 6.71. The fourth-order valence-electron chi connectivity index (χ4n) is 5.73. The van der Waals surface area contributed by atoms with E-state index in [0.717, 1.165) is 51.3 Å². The first-order valence-electron chi connectivity index (χ1n) is 16.3. The maximum Gasteiger partial charge on any atom is 0.303 e. The lowest BCUT2D eigenvalue weighted by Crippen LogP contribution is -2.31. The number of aliphatic carboxylic acids is 1. The normalized spacial score (nSPS) is 19.0. The predicted octanol–water partition coefficient (Wildman–Crippen LogP) is 9.45. The van der Waals surface area contributed by atoms with E-state index in [1.54, 1.807) is 0 Å². The van der Waals surface area contributed by atoms with Crippen molar-refractivity contribution in [3.8, 4) is 0 Å². The molecule has 0 amide bonds. The molecular weight excluding hydrogens is 725 g/mol. The van der Waals surface area contributed by atoms with E-state index < -0.39 is 16.1 Å². The lowest BCUT2D eigenvalue weighted by Gasteiger charge is -2.32. The van der Waals surface area contributed by atoms with Gasteiger partial charge in [-0.05, 0) is 72.2 Å². The Balaban J connectivity index is 1.89. The molecule has 2 aliphatic heterocycles. The summed E-state index contributed by atoms with van der Waals surface area (Å²) in [4.78, 5) is 11.0. The zero-order valence-corrected chi connectivity index (χ0v) is 31.8. The van der Waals surface area contributed by atoms with E-state index in [1.165, 1.54) is 5.56 Å². The topological polar surface area (TPSA) is 104 Å². The van der Waals surface area contributed by atoms with Crippen molar-refractivity contribution in [3.63, 3.8) is 0 Å². The number of nitrogens with zero attached hydrogens (tertiary/aromatic N) is 1. The number of carboxylic acid groups (broad SMARTS) is 1. The first-order chi connectivity index (χ1) is 21.8. The summed E-state index contributed by atoms with van der Waals surface area (Å²) in [6, 6.07) is 6.31. The van der Waals surface area contributed by atoms with Crippen molar-refractivity contribution in [2.75, 3.05) is 12.3 Å². The molecule has 47 heavy (non-hydrogen) atoms. The number of halogens is 1. The maximum atomic E-state index is 11.5. The highest BCUT2D eigenvalue weighted by Gasteiger charge is 2.47. The van der Waals surface area contributed by atoms with Crippen LogP contribution < -0.4 is 0 Å². The second-order valence-corrected chi connectivity index (χ2v) is 17.4. The Morgan fingerprint density at radius 3 is 2.15 bits per heavy atom. The van der Waals surface area contributed by atoms with Gasteiger partial charge in [-0.25, -0.2) is 0 Å². The Labute approximate surface area is 295 Å². The van der Waals surface area contributed by atoms with Crippen molar-refractivity contribution in [1.29, 1.82) is 0 Å². The lowest BCUT2D eigenvalue weighted by molar-refractivity contribution is -0.437. The van der Waals surface area contributed by atoms with Gasteiger partial charge in [0, 0.05) is 44.9 Å². The molecule has 0 radical (unpaired) electrons. The van der Waals surface area contributed by atoms with Gasteiger partial charge in [0.05, 0.1) is 11.2 Å². The van der Waals surface area contributed by atoms with Crippen molar-refractivity contribution < 1.29 is 32.2 Å². The van der Waals surface area contributed by atoms with Crippen LogP contribution in [0.1, 0.15) is 92.6 Å². The Kier molecular flexibility index (Phi) is 13.2. The Hall–Kier alpha value is -2.76. The number of hydrogen-bond donors (Lipinski definition) is 2. The molecular formula is C38H51INO6S+. The Morgan fingerprint density at radius 2 is 1.55 bits per heavy atom. The summed E-state index contributed by atoms with van der Waals surface area (Å²) in [6.07, 6.45) is 21.9. The van der Waals surface area contributed by atoms with Crippen molar-refractivity contribution in [1.82, 2.24) is 0 Å². The third-order valence-electron chi connectivity index (χ3n) is 8.33. The quantitative estimate of drug-likeness (QED) is 0.0642. The van der Waals surface area contributed by atoms with Crippen LogP contribution in [0.4, 0.5) is 5.69 Å². The van der Waals surface area contributed by atoms with Crippen LogP contribution in [0.15, 0.2) is 90.0 Å². The summed E-state index contributed by atoms with van der Waals surface area (Å²) in [5.41, 5.74) is 3.78. The van der Waals surface area contributed by atoms with Crippen LogP contribution in [0.5, 0.6) is 0 Å². The minimum atomic E-state index is -4.07. The van der Waals surface area contributed by atoms with Gasteiger partial charge < -0.3 is 9.84 Å². The van der Waals surface area contributed by atoms with Crippen molar-refractivity contribution in [2.24, 2.45) is 10.8 Å². The first-order valence-corrected chi connectivity index (χ1v) is 19.0. The molecule has 7 nitrogen and oxygen atoms in total. The molecule has 1 aromatic rings. The molecule has 1 aromatic carbocycles. The maximum absolute atomic E-state index is 11.5. The van der Waals surface area contributed by atoms with E-state index >= 15 is 0 Å². The van der Waals surface area contributed by atoms with Crippen molar-refractivity contribution >= 4 is 50.1 Å². The summed E-state index contributed by atoms with van der Waals surface area (Å²) in [5.74, 6) is 0.799. The highest BCUT2D eigenvalue weighted by molar-refractivity contribution is 14.1. The van der Waals surface area contributed by atoms with E-state index in [-0.39, 0.29) is 34.8 Å². The molecule has 2 N–H and O–H groups in total. The van der Waals surface area contributed by atoms with Crippen LogP contribution in [0.3, 0.4) is 0 Å². The molecule has 0 saturated carbocycles. The molecule has 1 atom stereocenters. The molecule has 0 saturated heterocycles. The fraction of sp³-hybridized carbons (Fsp3) is 0.474. The number of benzene rings is 1. The smallest absolute Gasteiger partial charge is 0.303 e. The molecule has 9 heteroatoms. The standard InChI is InChI=1S/C38H50INO6S/c1-36(2,3)33-25-28(26-34(46-33)37(4,5)6)17-12-9-8-10-13-18-32-38(7,22-15-11-14-19-35(41)42)30-27-29(39)20-21-31(30)40(32)23-16-24-47(43,44)45/h8-10,12-13,17-18,20-21,25-27H,11,14-16,19,22-24H2,1-7H3,(H-,41,42,43,44,45)/p+1/b10-8+,12-9+,18-13+. The summed E-state index contributed by atoms with van der Waals surface area (Å²) < 4.78 is 41.9. The third kappa shape index (κ3) is 11.4. The molecule has 0 bridgehead atoms. The molecule has 0 aromatic heterocycles. The number of fused-ring (bicyclic) bond motifs is 1. The van der Waals surface area contributed by atoms with E-state index in [1.807, 2.05) is 36.4 Å². The highest BCUT2D eigenvalue weighted by atomic mass is 127. The van der Waals surface area contributed by atoms with E-state index in [2.05, 4.69) is 112 Å². The molecule has 2 heterocycles. The number of allylic oxidation sites excluding steroid dienone is 12. The van der Waals surface area contributed by atoms with E-state index in [9.17, 15) is 17.8 Å². The van der Waals surface area contributed by atoms with Crippen molar-refractivity contribution in [3.05, 3.63) is 99.1 Å². The van der Waals surface area contributed by atoms with Crippen LogP contribution in [-0.2, 0) is 25.1 Å². The molecule has 256 valence electrons. The van der Waals surface area contributed by atoms with Gasteiger partial charge >= 0.3 is 5.97 Å². The van der Waals surface area contributed by atoms with Gasteiger partial charge in [-0.3, -0.25) is 9.35 Å². The monoisotopic (exact) mass is 776 g/mol. The van der Waals surface area contributed by atoms with Crippen LogP contribution in [0, 0.1) is 14.4 Å². The number of rotatable bonds is 14. The zero-order chi connectivity index (χ0) is 35.0. The van der Waals surface area contributed by atoms with E-state index in [4.69, 9.17) is 9.84 Å². The minimum absolute atomic E-state index is 0.110. The number of ether oxygens (including phenoxy) is 1. The average molecular weight is 777 g/mol. The Morgan fingerprint density at radius 1 is 0.936 bits per heavy atom. The number of carbonyl (C=O) groups is 1. The zero-order valence-electron chi connectivity index (χ0n) is 28.8. The number of carboxylic acids is 1. The summed E-state index contributed by atoms with van der Waals surface area (Å²) in [6.45, 7) is 15.5. The first kappa shape index (κ1) is 38.7. The van der Waals surface area contributed by atoms with Crippen LogP contribution in [0.25, 0.3) is 0 Å². The molecule has 0 aliphatic carbocycles.